The summed E-state index contributed by atoms with van der Waals surface area (Å²) in [7, 11) is 1.55. The minimum atomic E-state index is -4.68. The molecule has 0 fully saturated rings. The number of amides is 1. The van der Waals surface area contributed by atoms with Gasteiger partial charge in [-0.25, -0.2) is 9.11 Å². The van der Waals surface area contributed by atoms with Crippen molar-refractivity contribution in [1.82, 2.24) is 9.44 Å². The molecule has 0 radical (unpaired) electrons. The summed E-state index contributed by atoms with van der Waals surface area (Å²) in [6, 6.07) is 4.67. The third-order valence-corrected chi connectivity index (χ3v) is 4.10. The second-order valence-electron chi connectivity index (χ2n) is 4.74. The lowest BCUT2D eigenvalue weighted by Crippen LogP contribution is -2.20. The highest BCUT2D eigenvalue weighted by molar-refractivity contribution is 7.96. The van der Waals surface area contributed by atoms with Crippen molar-refractivity contribution in [3.8, 4) is 11.5 Å². The molecule has 0 aliphatic carbocycles. The maximum absolute atomic E-state index is 14.1. The van der Waals surface area contributed by atoms with Crippen molar-refractivity contribution in [2.75, 3.05) is 7.05 Å². The smallest absolute Gasteiger partial charge is 0.417 e. The van der Waals surface area contributed by atoms with Crippen molar-refractivity contribution in [2.45, 2.75) is 6.18 Å². The van der Waals surface area contributed by atoms with Gasteiger partial charge in [-0.3, -0.25) is 9.52 Å². The Bertz CT molecular complexity index is 834. The molecule has 0 aromatic heterocycles. The summed E-state index contributed by atoms with van der Waals surface area (Å²) in [6.07, 6.45) is -4.68. The standard InChI is InChI=1S/C15H10Cl2F4N2O2S/c1-22-26-23-14(24)8-5-11(17)13(6-12(8)18)25-7-2-3-10(16)9(4-7)15(19,20)21/h2-6,22H,1H3,(H,23,24). The van der Waals surface area contributed by atoms with E-state index in [-0.39, 0.29) is 22.1 Å². The predicted molar refractivity (Wildman–Crippen MR) is 92.1 cm³/mol. The predicted octanol–water partition coefficient (Wildman–Crippen LogP) is 5.46. The van der Waals surface area contributed by atoms with Gasteiger partial charge in [0.1, 0.15) is 17.3 Å². The van der Waals surface area contributed by atoms with E-state index in [9.17, 15) is 22.4 Å². The van der Waals surface area contributed by atoms with Crippen LogP contribution in [-0.2, 0) is 6.18 Å². The highest BCUT2D eigenvalue weighted by atomic mass is 35.5. The van der Waals surface area contributed by atoms with Crippen LogP contribution in [0.5, 0.6) is 11.5 Å². The topological polar surface area (TPSA) is 50.4 Å². The average molecular weight is 429 g/mol. The van der Waals surface area contributed by atoms with E-state index in [0.29, 0.717) is 6.07 Å². The molecule has 0 saturated carbocycles. The largest absolute Gasteiger partial charge is 0.456 e. The Morgan fingerprint density at radius 2 is 1.85 bits per heavy atom. The van der Waals surface area contributed by atoms with E-state index in [1.165, 1.54) is 6.07 Å². The monoisotopic (exact) mass is 428 g/mol. The molecule has 0 saturated heterocycles. The van der Waals surface area contributed by atoms with Gasteiger partial charge in [0.2, 0.25) is 0 Å². The van der Waals surface area contributed by atoms with E-state index in [4.69, 9.17) is 27.9 Å². The number of rotatable bonds is 5. The first-order valence-electron chi connectivity index (χ1n) is 6.80. The molecule has 26 heavy (non-hydrogen) atoms. The van der Waals surface area contributed by atoms with E-state index in [2.05, 4.69) is 9.44 Å². The minimum absolute atomic E-state index is 0.158. The van der Waals surface area contributed by atoms with Gasteiger partial charge < -0.3 is 4.74 Å². The van der Waals surface area contributed by atoms with Crippen molar-refractivity contribution in [1.29, 1.82) is 0 Å². The summed E-state index contributed by atoms with van der Waals surface area (Å²) in [4.78, 5) is 11.8. The number of alkyl halides is 3. The molecule has 0 bridgehead atoms. The summed E-state index contributed by atoms with van der Waals surface area (Å²) in [5.41, 5.74) is -1.45. The van der Waals surface area contributed by atoms with Crippen LogP contribution in [0.25, 0.3) is 0 Å². The zero-order valence-electron chi connectivity index (χ0n) is 12.9. The quantitative estimate of drug-likeness (QED) is 0.490. The van der Waals surface area contributed by atoms with E-state index >= 15 is 0 Å². The Hall–Kier alpha value is -1.68. The molecule has 4 nitrogen and oxygen atoms in total. The lowest BCUT2D eigenvalue weighted by atomic mass is 10.2. The Kier molecular flexibility index (Phi) is 6.62. The second-order valence-corrected chi connectivity index (χ2v) is 6.37. The molecule has 2 rings (SSSR count). The molecule has 0 heterocycles. The summed E-state index contributed by atoms with van der Waals surface area (Å²) >= 11 is 12.3. The number of halogens is 6. The fraction of sp³-hybridized carbons (Fsp3) is 0.133. The van der Waals surface area contributed by atoms with Crippen molar-refractivity contribution < 1.29 is 27.1 Å². The van der Waals surface area contributed by atoms with Crippen LogP contribution in [0.3, 0.4) is 0 Å². The SMILES string of the molecule is CNSNC(=O)c1cc(Cl)c(Oc2ccc(Cl)c(C(F)(F)F)c2)cc1F. The van der Waals surface area contributed by atoms with Crippen LogP contribution in [0.15, 0.2) is 30.3 Å². The highest BCUT2D eigenvalue weighted by Gasteiger charge is 2.33. The molecule has 140 valence electrons. The molecule has 2 aromatic rings. The van der Waals surface area contributed by atoms with E-state index in [1.807, 2.05) is 0 Å². The molecule has 2 N–H and O–H groups in total. The van der Waals surface area contributed by atoms with Crippen molar-refractivity contribution in [3.05, 3.63) is 57.3 Å². The van der Waals surface area contributed by atoms with Crippen LogP contribution >= 0.6 is 35.3 Å². The van der Waals surface area contributed by atoms with Gasteiger partial charge >= 0.3 is 6.18 Å². The highest BCUT2D eigenvalue weighted by Crippen LogP contribution is 2.39. The lowest BCUT2D eigenvalue weighted by Gasteiger charge is -2.13. The lowest BCUT2D eigenvalue weighted by molar-refractivity contribution is -0.137. The number of hydrogen-bond acceptors (Lipinski definition) is 4. The maximum atomic E-state index is 14.1. The zero-order chi connectivity index (χ0) is 19.5. The number of benzene rings is 2. The minimum Gasteiger partial charge on any atom is -0.456 e. The Labute approximate surface area is 160 Å². The van der Waals surface area contributed by atoms with Crippen LogP contribution in [0.1, 0.15) is 15.9 Å². The zero-order valence-corrected chi connectivity index (χ0v) is 15.2. The van der Waals surface area contributed by atoms with Gasteiger partial charge in [0.25, 0.3) is 5.91 Å². The van der Waals surface area contributed by atoms with Crippen LogP contribution < -0.4 is 14.2 Å². The van der Waals surface area contributed by atoms with E-state index < -0.39 is 28.5 Å². The third kappa shape index (κ3) is 4.94. The van der Waals surface area contributed by atoms with Gasteiger partial charge in [-0.05, 0) is 31.3 Å². The maximum Gasteiger partial charge on any atom is 0.417 e. The van der Waals surface area contributed by atoms with Gasteiger partial charge in [-0.1, -0.05) is 23.2 Å². The fourth-order valence-electron chi connectivity index (χ4n) is 1.85. The summed E-state index contributed by atoms with van der Waals surface area (Å²) in [6.45, 7) is 0. The van der Waals surface area contributed by atoms with Gasteiger partial charge in [0.05, 0.1) is 21.2 Å². The van der Waals surface area contributed by atoms with Crippen molar-refractivity contribution >= 4 is 41.2 Å². The molecule has 0 atom stereocenters. The first-order chi connectivity index (χ1) is 12.1. The van der Waals surface area contributed by atoms with Crippen LogP contribution in [0.4, 0.5) is 17.6 Å². The summed E-state index contributed by atoms with van der Waals surface area (Å²) < 4.78 is 62.8. The molecule has 0 unspecified atom stereocenters. The summed E-state index contributed by atoms with van der Waals surface area (Å²) in [5, 5.41) is -0.661. The second kappa shape index (κ2) is 8.34. The molecular formula is C15H10Cl2F4N2O2S. The molecule has 1 amide bonds. The number of carbonyl (C=O) groups is 1. The molecule has 0 spiro atoms. The van der Waals surface area contributed by atoms with E-state index in [1.54, 1.807) is 7.05 Å². The normalized spacial score (nSPS) is 11.3. The van der Waals surface area contributed by atoms with Gasteiger partial charge in [0, 0.05) is 18.2 Å². The van der Waals surface area contributed by atoms with Crippen LogP contribution in [0.2, 0.25) is 10.0 Å². The fourth-order valence-corrected chi connectivity index (χ4v) is 2.58. The van der Waals surface area contributed by atoms with Crippen LogP contribution in [0, 0.1) is 5.82 Å². The van der Waals surface area contributed by atoms with Crippen molar-refractivity contribution in [2.24, 2.45) is 0 Å². The molecule has 11 heteroatoms. The number of nitrogens with one attached hydrogen (secondary N) is 2. The third-order valence-electron chi connectivity index (χ3n) is 2.98. The Morgan fingerprint density at radius 1 is 1.15 bits per heavy atom. The molecular weight excluding hydrogens is 419 g/mol. The number of ether oxygens (including phenoxy) is 1. The number of carbonyl (C=O) groups excluding carboxylic acids is 1. The number of hydrogen-bond donors (Lipinski definition) is 2. The Balaban J connectivity index is 2.31. The van der Waals surface area contributed by atoms with Gasteiger partial charge in [-0.15, -0.1) is 0 Å². The summed E-state index contributed by atoms with van der Waals surface area (Å²) in [5.74, 6) is -2.20. The Morgan fingerprint density at radius 3 is 2.46 bits per heavy atom. The average Bonchev–Trinajstić information content (AvgIpc) is 2.56. The van der Waals surface area contributed by atoms with E-state index in [0.717, 1.165) is 30.3 Å². The molecule has 0 aliphatic rings. The first kappa shape index (κ1) is 20.6. The van der Waals surface area contributed by atoms with Crippen LogP contribution in [-0.4, -0.2) is 13.0 Å². The van der Waals surface area contributed by atoms with Gasteiger partial charge in [0.15, 0.2) is 0 Å². The van der Waals surface area contributed by atoms with Crippen molar-refractivity contribution in [3.63, 3.8) is 0 Å². The van der Waals surface area contributed by atoms with Gasteiger partial charge in [-0.2, -0.15) is 13.2 Å². The molecule has 2 aromatic carbocycles. The first-order valence-corrected chi connectivity index (χ1v) is 8.37. The molecule has 0 aliphatic heterocycles.